The van der Waals surface area contributed by atoms with E-state index in [1.54, 1.807) is 19.1 Å². The van der Waals surface area contributed by atoms with E-state index in [0.717, 1.165) is 0 Å². The maximum atomic E-state index is 12.8. The highest BCUT2D eigenvalue weighted by molar-refractivity contribution is 7.89. The summed E-state index contributed by atoms with van der Waals surface area (Å²) in [6.07, 6.45) is 2.56. The summed E-state index contributed by atoms with van der Waals surface area (Å²) in [6.45, 7) is 2.45. The zero-order valence-corrected chi connectivity index (χ0v) is 16.9. The lowest BCUT2D eigenvalue weighted by atomic mass is 10.0. The van der Waals surface area contributed by atoms with Crippen LogP contribution in [0.2, 0.25) is 5.02 Å². The fraction of sp³-hybridized carbons (Fsp3) is 0.556. The Morgan fingerprint density at radius 3 is 2.56 bits per heavy atom. The lowest BCUT2D eigenvalue weighted by molar-refractivity contribution is -0.123. The predicted octanol–water partition coefficient (Wildman–Crippen LogP) is 1.90. The maximum absolute atomic E-state index is 12.8. The molecule has 1 aromatic carbocycles. The molecule has 1 unspecified atom stereocenters. The van der Waals surface area contributed by atoms with E-state index >= 15 is 0 Å². The van der Waals surface area contributed by atoms with Crippen molar-refractivity contribution in [2.24, 2.45) is 11.7 Å². The SMILES string of the molecule is CC(CCC(=O)N[C@H]1CCCN(S(=O)(=O)c2ccc(Cl)cc2)CC1)C(N)=O. The first kappa shape index (κ1) is 21.7. The van der Waals surface area contributed by atoms with Gasteiger partial charge in [-0.1, -0.05) is 18.5 Å². The molecule has 9 heteroatoms. The third kappa shape index (κ3) is 6.19. The number of nitrogens with two attached hydrogens (primary N) is 1. The van der Waals surface area contributed by atoms with Crippen LogP contribution in [0.5, 0.6) is 0 Å². The number of carbonyl (C=O) groups is 2. The van der Waals surface area contributed by atoms with E-state index in [-0.39, 0.29) is 29.2 Å². The molecule has 0 aromatic heterocycles. The first-order valence-electron chi connectivity index (χ1n) is 9.04. The molecule has 0 aliphatic carbocycles. The van der Waals surface area contributed by atoms with Gasteiger partial charge in [0, 0.05) is 36.5 Å². The van der Waals surface area contributed by atoms with Crippen molar-refractivity contribution in [3.05, 3.63) is 29.3 Å². The van der Waals surface area contributed by atoms with Crippen LogP contribution in [0.3, 0.4) is 0 Å². The number of nitrogens with one attached hydrogen (secondary N) is 1. The molecular formula is C18H26ClN3O4S. The van der Waals surface area contributed by atoms with E-state index in [1.807, 2.05) is 0 Å². The Kier molecular flexibility index (Phi) is 7.64. The molecule has 1 heterocycles. The van der Waals surface area contributed by atoms with Gasteiger partial charge in [0.25, 0.3) is 0 Å². The molecule has 7 nitrogen and oxygen atoms in total. The Balaban J connectivity index is 1.90. The van der Waals surface area contributed by atoms with E-state index in [1.165, 1.54) is 16.4 Å². The molecule has 0 bridgehead atoms. The average molecular weight is 416 g/mol. The van der Waals surface area contributed by atoms with Gasteiger partial charge < -0.3 is 11.1 Å². The van der Waals surface area contributed by atoms with E-state index in [4.69, 9.17) is 17.3 Å². The third-order valence-corrected chi connectivity index (χ3v) is 6.96. The molecular weight excluding hydrogens is 390 g/mol. The lowest BCUT2D eigenvalue weighted by Gasteiger charge is -2.20. The van der Waals surface area contributed by atoms with Gasteiger partial charge >= 0.3 is 0 Å². The molecule has 2 rings (SSSR count). The van der Waals surface area contributed by atoms with Gasteiger partial charge in [0.1, 0.15) is 0 Å². The predicted molar refractivity (Wildman–Crippen MR) is 104 cm³/mol. The van der Waals surface area contributed by atoms with Gasteiger partial charge in [-0.05, 0) is 49.9 Å². The molecule has 2 amide bonds. The minimum absolute atomic E-state index is 0.0770. The summed E-state index contributed by atoms with van der Waals surface area (Å²) in [6, 6.07) is 6.04. The van der Waals surface area contributed by atoms with Gasteiger partial charge in [-0.15, -0.1) is 0 Å². The van der Waals surface area contributed by atoms with Crippen LogP contribution in [0.1, 0.15) is 39.0 Å². The molecule has 0 spiro atoms. The molecule has 0 radical (unpaired) electrons. The van der Waals surface area contributed by atoms with Crippen LogP contribution in [0.4, 0.5) is 0 Å². The van der Waals surface area contributed by atoms with Crippen LogP contribution >= 0.6 is 11.6 Å². The molecule has 150 valence electrons. The van der Waals surface area contributed by atoms with Gasteiger partial charge in [0.2, 0.25) is 21.8 Å². The van der Waals surface area contributed by atoms with Crippen molar-refractivity contribution >= 4 is 33.4 Å². The van der Waals surface area contributed by atoms with E-state index in [9.17, 15) is 18.0 Å². The summed E-state index contributed by atoms with van der Waals surface area (Å²) in [5.41, 5.74) is 5.20. The van der Waals surface area contributed by atoms with E-state index < -0.39 is 15.9 Å². The largest absolute Gasteiger partial charge is 0.369 e. The Hall–Kier alpha value is -1.64. The molecule has 2 atom stereocenters. The fourth-order valence-corrected chi connectivity index (χ4v) is 4.62. The van der Waals surface area contributed by atoms with Crippen molar-refractivity contribution in [3.63, 3.8) is 0 Å². The van der Waals surface area contributed by atoms with Gasteiger partial charge in [-0.3, -0.25) is 9.59 Å². The second-order valence-electron chi connectivity index (χ2n) is 6.90. The van der Waals surface area contributed by atoms with Crippen molar-refractivity contribution in [2.45, 2.75) is 50.0 Å². The van der Waals surface area contributed by atoms with Crippen molar-refractivity contribution < 1.29 is 18.0 Å². The number of halogens is 1. The number of carbonyl (C=O) groups excluding carboxylic acids is 2. The third-order valence-electron chi connectivity index (χ3n) is 4.79. The van der Waals surface area contributed by atoms with Crippen molar-refractivity contribution in [1.29, 1.82) is 0 Å². The molecule has 0 saturated carbocycles. The van der Waals surface area contributed by atoms with Crippen LogP contribution in [0.15, 0.2) is 29.2 Å². The van der Waals surface area contributed by atoms with Crippen LogP contribution in [-0.4, -0.2) is 43.7 Å². The standard InChI is InChI=1S/C18H26ClN3O4S/c1-13(18(20)24)4-9-17(23)21-15-3-2-11-22(12-10-15)27(25,26)16-7-5-14(19)6-8-16/h5-8,13,15H,2-4,9-12H2,1H3,(H2,20,24)(H,21,23)/t13?,15-/m0/s1. The zero-order chi connectivity index (χ0) is 20.0. The molecule has 1 fully saturated rings. The normalized spacial score (nSPS) is 19.9. The number of hydrogen-bond donors (Lipinski definition) is 2. The lowest BCUT2D eigenvalue weighted by Crippen LogP contribution is -2.37. The molecule has 1 aliphatic heterocycles. The van der Waals surface area contributed by atoms with Crippen molar-refractivity contribution in [3.8, 4) is 0 Å². The van der Waals surface area contributed by atoms with Crippen molar-refractivity contribution in [1.82, 2.24) is 9.62 Å². The topological polar surface area (TPSA) is 110 Å². The minimum Gasteiger partial charge on any atom is -0.369 e. The summed E-state index contributed by atoms with van der Waals surface area (Å²) >= 11 is 5.83. The van der Waals surface area contributed by atoms with Gasteiger partial charge in [-0.2, -0.15) is 4.31 Å². The minimum atomic E-state index is -3.57. The van der Waals surface area contributed by atoms with E-state index in [2.05, 4.69) is 5.32 Å². The van der Waals surface area contributed by atoms with Crippen molar-refractivity contribution in [2.75, 3.05) is 13.1 Å². The van der Waals surface area contributed by atoms with Crippen LogP contribution in [0, 0.1) is 5.92 Å². The summed E-state index contributed by atoms with van der Waals surface area (Å²) < 4.78 is 27.0. The first-order chi connectivity index (χ1) is 12.7. The van der Waals surface area contributed by atoms with Crippen LogP contribution in [0.25, 0.3) is 0 Å². The molecule has 1 aliphatic rings. The zero-order valence-electron chi connectivity index (χ0n) is 15.4. The summed E-state index contributed by atoms with van der Waals surface area (Å²) in [7, 11) is -3.57. The van der Waals surface area contributed by atoms with Gasteiger partial charge in [0.15, 0.2) is 0 Å². The molecule has 1 aromatic rings. The van der Waals surface area contributed by atoms with Crippen LogP contribution in [-0.2, 0) is 19.6 Å². The second kappa shape index (κ2) is 9.52. The second-order valence-corrected chi connectivity index (χ2v) is 9.27. The molecule has 1 saturated heterocycles. The van der Waals surface area contributed by atoms with Crippen LogP contribution < -0.4 is 11.1 Å². The summed E-state index contributed by atoms with van der Waals surface area (Å²) in [5.74, 6) is -0.896. The summed E-state index contributed by atoms with van der Waals surface area (Å²) in [4.78, 5) is 23.3. The maximum Gasteiger partial charge on any atom is 0.243 e. The smallest absolute Gasteiger partial charge is 0.243 e. The Morgan fingerprint density at radius 2 is 1.93 bits per heavy atom. The molecule has 27 heavy (non-hydrogen) atoms. The van der Waals surface area contributed by atoms with Gasteiger partial charge in [-0.25, -0.2) is 8.42 Å². The Bertz CT molecular complexity index is 767. The Labute approximate surface area is 165 Å². The number of nitrogens with zero attached hydrogens (tertiary/aromatic N) is 1. The molecule has 3 N–H and O–H groups in total. The highest BCUT2D eigenvalue weighted by Crippen LogP contribution is 2.22. The number of benzene rings is 1. The first-order valence-corrected chi connectivity index (χ1v) is 10.9. The van der Waals surface area contributed by atoms with Gasteiger partial charge in [0.05, 0.1) is 4.90 Å². The quantitative estimate of drug-likeness (QED) is 0.708. The highest BCUT2D eigenvalue weighted by atomic mass is 35.5. The monoisotopic (exact) mass is 415 g/mol. The highest BCUT2D eigenvalue weighted by Gasteiger charge is 2.28. The number of amides is 2. The van der Waals surface area contributed by atoms with E-state index in [0.29, 0.717) is 43.8 Å². The number of rotatable bonds is 7. The number of hydrogen-bond acceptors (Lipinski definition) is 4. The summed E-state index contributed by atoms with van der Waals surface area (Å²) in [5, 5.41) is 3.43. The Morgan fingerprint density at radius 1 is 1.26 bits per heavy atom. The number of sulfonamides is 1. The average Bonchev–Trinajstić information content (AvgIpc) is 2.86. The fourth-order valence-electron chi connectivity index (χ4n) is 3.00. The number of primary amides is 1.